The molecule has 1 atom stereocenters. The van der Waals surface area contributed by atoms with E-state index in [4.69, 9.17) is 24.1 Å². The van der Waals surface area contributed by atoms with Crippen LogP contribution < -0.4 is 19.7 Å². The molecule has 1 aliphatic heterocycles. The second-order valence-electron chi connectivity index (χ2n) is 6.32. The molecule has 0 bridgehead atoms. The van der Waals surface area contributed by atoms with Gasteiger partial charge in [0.1, 0.15) is 23.1 Å². The number of hydrogen-bond acceptors (Lipinski definition) is 9. The number of carboxylic acid groups (broad SMARTS) is 1. The number of anilines is 1. The molecule has 168 valence electrons. The molecule has 3 rings (SSSR count). The Bertz CT molecular complexity index is 905. The van der Waals surface area contributed by atoms with Crippen LogP contribution in [0.4, 0.5) is 5.13 Å². The van der Waals surface area contributed by atoms with Crippen LogP contribution in [0.1, 0.15) is 17.0 Å². The highest BCUT2D eigenvalue weighted by Crippen LogP contribution is 2.29. The number of aromatic nitrogens is 2. The van der Waals surface area contributed by atoms with Crippen LogP contribution in [0.15, 0.2) is 18.2 Å². The molecule has 1 aliphatic rings. The maximum absolute atomic E-state index is 12.6. The number of methoxy groups -OCH3 is 3. The second kappa shape index (κ2) is 11.8. The van der Waals surface area contributed by atoms with Crippen LogP contribution >= 0.6 is 11.3 Å². The lowest BCUT2D eigenvalue weighted by Gasteiger charge is -2.14. The van der Waals surface area contributed by atoms with Gasteiger partial charge in [-0.3, -0.25) is 19.3 Å². The monoisotopic (exact) mass is 452 g/mol. The maximum Gasteiger partial charge on any atom is 0.290 e. The minimum absolute atomic E-state index is 0.139. The highest BCUT2D eigenvalue weighted by atomic mass is 32.1. The van der Waals surface area contributed by atoms with Gasteiger partial charge in [0.15, 0.2) is 0 Å². The summed E-state index contributed by atoms with van der Waals surface area (Å²) < 4.78 is 15.6. The van der Waals surface area contributed by atoms with E-state index in [1.54, 1.807) is 33.5 Å². The molecule has 2 aromatic rings. The molecular formula is C19H24N4O7S. The Balaban J connectivity index is 0.00000107. The number of nitrogens with zero attached hydrogens (tertiary/aromatic N) is 3. The first-order chi connectivity index (χ1) is 15.0. The van der Waals surface area contributed by atoms with Crippen molar-refractivity contribution >= 4 is 34.8 Å². The van der Waals surface area contributed by atoms with E-state index in [-0.39, 0.29) is 37.8 Å². The molecule has 1 aromatic heterocycles. The molecular weight excluding hydrogens is 428 g/mol. The minimum atomic E-state index is -0.445. The smallest absolute Gasteiger partial charge is 0.290 e. The number of benzene rings is 1. The summed E-state index contributed by atoms with van der Waals surface area (Å²) in [5.41, 5.74) is 0.796. The molecule has 1 fully saturated rings. The van der Waals surface area contributed by atoms with Gasteiger partial charge in [-0.15, -0.1) is 10.2 Å². The summed E-state index contributed by atoms with van der Waals surface area (Å²) in [6, 6.07) is 5.38. The van der Waals surface area contributed by atoms with Crippen molar-refractivity contribution in [1.29, 1.82) is 0 Å². The Kier molecular flexibility index (Phi) is 9.15. The fourth-order valence-corrected chi connectivity index (χ4v) is 3.79. The fraction of sp³-hybridized carbons (Fsp3) is 0.421. The first kappa shape index (κ1) is 24.0. The molecule has 2 N–H and O–H groups in total. The van der Waals surface area contributed by atoms with E-state index < -0.39 is 5.92 Å². The van der Waals surface area contributed by atoms with Gasteiger partial charge in [-0.2, -0.15) is 0 Å². The average Bonchev–Trinajstić information content (AvgIpc) is 3.39. The Labute approximate surface area is 182 Å². The molecule has 0 saturated carbocycles. The number of rotatable bonds is 8. The van der Waals surface area contributed by atoms with Gasteiger partial charge < -0.3 is 24.6 Å². The van der Waals surface area contributed by atoms with Gasteiger partial charge >= 0.3 is 0 Å². The number of amides is 2. The first-order valence-electron chi connectivity index (χ1n) is 9.15. The molecule has 12 heteroatoms. The van der Waals surface area contributed by atoms with Crippen LogP contribution in [0.3, 0.4) is 0 Å². The average molecular weight is 452 g/mol. The van der Waals surface area contributed by atoms with E-state index in [1.807, 2.05) is 6.07 Å². The number of nitrogens with one attached hydrogen (secondary N) is 1. The van der Waals surface area contributed by atoms with E-state index in [2.05, 4.69) is 15.5 Å². The lowest BCUT2D eigenvalue weighted by molar-refractivity contribution is -0.126. The lowest BCUT2D eigenvalue weighted by Crippen LogP contribution is -2.32. The summed E-state index contributed by atoms with van der Waals surface area (Å²) in [5.74, 6) is 0.556. The van der Waals surface area contributed by atoms with Crippen molar-refractivity contribution in [3.05, 3.63) is 28.8 Å². The third kappa shape index (κ3) is 6.36. The third-order valence-electron chi connectivity index (χ3n) is 4.39. The van der Waals surface area contributed by atoms with Crippen LogP contribution in [0.2, 0.25) is 0 Å². The Morgan fingerprint density at radius 1 is 1.32 bits per heavy atom. The van der Waals surface area contributed by atoms with Crippen molar-refractivity contribution in [3.63, 3.8) is 0 Å². The zero-order chi connectivity index (χ0) is 22.8. The molecule has 31 heavy (non-hydrogen) atoms. The Morgan fingerprint density at radius 3 is 2.71 bits per heavy atom. The van der Waals surface area contributed by atoms with Gasteiger partial charge in [0.25, 0.3) is 6.47 Å². The maximum atomic E-state index is 12.6. The zero-order valence-electron chi connectivity index (χ0n) is 17.4. The molecule has 1 saturated heterocycles. The molecule has 2 heterocycles. The van der Waals surface area contributed by atoms with E-state index >= 15 is 0 Å². The Hall–Kier alpha value is -3.25. The molecule has 11 nitrogen and oxygen atoms in total. The SMILES string of the molecule is COCc1nnc(N2CC(C(=O)NCc3cc(OC)ccc3OC)CC2=O)s1.O=CO. The summed E-state index contributed by atoms with van der Waals surface area (Å²) in [7, 11) is 4.72. The van der Waals surface area contributed by atoms with Crippen molar-refractivity contribution in [3.8, 4) is 11.5 Å². The standard InChI is InChI=1S/C18H22N4O5S.CH2O2/c1-25-10-15-20-21-18(28-15)22-9-12(7-16(22)23)17(24)19-8-11-6-13(26-2)4-5-14(11)27-3;2-1-3/h4-6,12H,7-10H2,1-3H3,(H,19,24);1H,(H,2,3). The van der Waals surface area contributed by atoms with E-state index in [9.17, 15) is 9.59 Å². The fourth-order valence-electron chi connectivity index (χ4n) is 2.95. The quantitative estimate of drug-likeness (QED) is 0.563. The van der Waals surface area contributed by atoms with Crippen molar-refractivity contribution < 1.29 is 33.7 Å². The normalized spacial score (nSPS) is 15.1. The van der Waals surface area contributed by atoms with Gasteiger partial charge in [-0.25, -0.2) is 0 Å². The van der Waals surface area contributed by atoms with Crippen molar-refractivity contribution in [1.82, 2.24) is 15.5 Å². The third-order valence-corrected chi connectivity index (χ3v) is 5.31. The van der Waals surface area contributed by atoms with Gasteiger partial charge in [0, 0.05) is 32.2 Å². The Morgan fingerprint density at radius 2 is 2.06 bits per heavy atom. The summed E-state index contributed by atoms with van der Waals surface area (Å²) in [6.45, 7) is 0.647. The largest absolute Gasteiger partial charge is 0.497 e. The van der Waals surface area contributed by atoms with E-state index in [0.717, 1.165) is 5.56 Å². The van der Waals surface area contributed by atoms with Crippen molar-refractivity contribution in [2.75, 3.05) is 32.8 Å². The topological polar surface area (TPSA) is 140 Å². The second-order valence-corrected chi connectivity index (χ2v) is 7.36. The molecule has 1 aromatic carbocycles. The first-order valence-corrected chi connectivity index (χ1v) is 9.97. The van der Waals surface area contributed by atoms with Crippen LogP contribution in [0.25, 0.3) is 0 Å². The van der Waals surface area contributed by atoms with Crippen LogP contribution in [0, 0.1) is 5.92 Å². The lowest BCUT2D eigenvalue weighted by atomic mass is 10.1. The van der Waals surface area contributed by atoms with Gasteiger partial charge in [0.05, 0.1) is 20.1 Å². The van der Waals surface area contributed by atoms with Gasteiger partial charge in [-0.1, -0.05) is 11.3 Å². The zero-order valence-corrected chi connectivity index (χ0v) is 18.2. The van der Waals surface area contributed by atoms with Crippen LogP contribution in [-0.2, 0) is 32.3 Å². The van der Waals surface area contributed by atoms with Crippen LogP contribution in [-0.4, -0.2) is 61.5 Å². The predicted molar refractivity (Wildman–Crippen MR) is 111 cm³/mol. The molecule has 0 radical (unpaired) electrons. The van der Waals surface area contributed by atoms with E-state index in [0.29, 0.717) is 28.2 Å². The molecule has 0 aliphatic carbocycles. The van der Waals surface area contributed by atoms with Gasteiger partial charge in [0.2, 0.25) is 16.9 Å². The van der Waals surface area contributed by atoms with E-state index in [1.165, 1.54) is 16.2 Å². The molecule has 1 unspecified atom stereocenters. The minimum Gasteiger partial charge on any atom is -0.497 e. The number of carbonyl (C=O) groups is 3. The summed E-state index contributed by atoms with van der Waals surface area (Å²) in [5, 5.41) is 19.0. The summed E-state index contributed by atoms with van der Waals surface area (Å²) >= 11 is 1.29. The number of hydrogen-bond donors (Lipinski definition) is 2. The van der Waals surface area contributed by atoms with Crippen molar-refractivity contribution in [2.24, 2.45) is 5.92 Å². The molecule has 2 amide bonds. The summed E-state index contributed by atoms with van der Waals surface area (Å²) in [6.07, 6.45) is 0.139. The predicted octanol–water partition coefficient (Wildman–Crippen LogP) is 1.07. The summed E-state index contributed by atoms with van der Waals surface area (Å²) in [4.78, 5) is 34.8. The van der Waals surface area contributed by atoms with Crippen molar-refractivity contribution in [2.45, 2.75) is 19.6 Å². The van der Waals surface area contributed by atoms with Gasteiger partial charge in [-0.05, 0) is 18.2 Å². The van der Waals surface area contributed by atoms with Crippen LogP contribution in [0.5, 0.6) is 11.5 Å². The molecule has 0 spiro atoms. The number of ether oxygens (including phenoxy) is 3. The number of carbonyl (C=O) groups excluding carboxylic acids is 2. The highest BCUT2D eigenvalue weighted by Gasteiger charge is 2.36. The highest BCUT2D eigenvalue weighted by molar-refractivity contribution is 7.15.